The SMILES string of the molecule is CC(C)[C@H]1CN(c2ncc(C(F)(F)F)cn2)C(=O)N1CC(=O)Cc1cc(C(F)(F)F)ccn1. The monoisotopic (exact) mass is 475 g/mol. The van der Waals surface area contributed by atoms with Crippen molar-refractivity contribution < 1.29 is 35.9 Å². The van der Waals surface area contributed by atoms with Gasteiger partial charge in [0.25, 0.3) is 0 Å². The highest BCUT2D eigenvalue weighted by atomic mass is 19.4. The lowest BCUT2D eigenvalue weighted by molar-refractivity contribution is -0.138. The zero-order chi connectivity index (χ0) is 24.6. The number of aromatic nitrogens is 3. The van der Waals surface area contributed by atoms with E-state index in [4.69, 9.17) is 0 Å². The van der Waals surface area contributed by atoms with Crippen molar-refractivity contribution in [3.63, 3.8) is 0 Å². The topological polar surface area (TPSA) is 79.3 Å². The van der Waals surface area contributed by atoms with E-state index in [1.54, 1.807) is 13.8 Å². The molecule has 33 heavy (non-hydrogen) atoms. The van der Waals surface area contributed by atoms with E-state index < -0.39 is 54.3 Å². The summed E-state index contributed by atoms with van der Waals surface area (Å²) in [5.41, 5.74) is -2.10. The maximum absolute atomic E-state index is 12.9. The van der Waals surface area contributed by atoms with E-state index in [1.165, 1.54) is 4.90 Å². The first-order valence-electron chi connectivity index (χ1n) is 9.78. The summed E-state index contributed by atoms with van der Waals surface area (Å²) in [5.74, 6) is -0.919. The van der Waals surface area contributed by atoms with Gasteiger partial charge in [0.1, 0.15) is 0 Å². The third-order valence-corrected chi connectivity index (χ3v) is 5.09. The van der Waals surface area contributed by atoms with Crippen molar-refractivity contribution in [2.75, 3.05) is 18.0 Å². The van der Waals surface area contributed by atoms with Crippen LogP contribution in [0.3, 0.4) is 0 Å². The van der Waals surface area contributed by atoms with Crippen LogP contribution >= 0.6 is 0 Å². The summed E-state index contributed by atoms with van der Waals surface area (Å²) in [5, 5.41) is 0. The highest BCUT2D eigenvalue weighted by Gasteiger charge is 2.42. The van der Waals surface area contributed by atoms with Crippen LogP contribution in [0.4, 0.5) is 37.1 Å². The van der Waals surface area contributed by atoms with Crippen LogP contribution in [0.15, 0.2) is 30.7 Å². The van der Waals surface area contributed by atoms with Crippen LogP contribution in [-0.2, 0) is 23.6 Å². The summed E-state index contributed by atoms with van der Waals surface area (Å²) in [6, 6.07) is 0.390. The quantitative estimate of drug-likeness (QED) is 0.591. The van der Waals surface area contributed by atoms with Crippen molar-refractivity contribution in [3.8, 4) is 0 Å². The fourth-order valence-corrected chi connectivity index (χ4v) is 3.39. The van der Waals surface area contributed by atoms with Gasteiger partial charge in [0, 0.05) is 24.3 Å². The van der Waals surface area contributed by atoms with Gasteiger partial charge < -0.3 is 4.90 Å². The van der Waals surface area contributed by atoms with E-state index in [0.717, 1.165) is 23.2 Å². The maximum Gasteiger partial charge on any atom is 0.419 e. The summed E-state index contributed by atoms with van der Waals surface area (Å²) in [7, 11) is 0. The molecule has 3 rings (SSSR count). The first-order valence-corrected chi connectivity index (χ1v) is 9.78. The summed E-state index contributed by atoms with van der Waals surface area (Å²) < 4.78 is 76.8. The van der Waals surface area contributed by atoms with Gasteiger partial charge in [-0.15, -0.1) is 0 Å². The number of carbonyl (C=O) groups excluding carboxylic acids is 2. The van der Waals surface area contributed by atoms with E-state index >= 15 is 0 Å². The maximum atomic E-state index is 12.9. The number of anilines is 1. The van der Waals surface area contributed by atoms with Gasteiger partial charge in [-0.2, -0.15) is 26.3 Å². The van der Waals surface area contributed by atoms with Gasteiger partial charge in [-0.05, 0) is 18.1 Å². The fourth-order valence-electron chi connectivity index (χ4n) is 3.39. The second kappa shape index (κ2) is 8.94. The number of urea groups is 1. The number of hydrogen-bond acceptors (Lipinski definition) is 5. The fraction of sp³-hybridized carbons (Fsp3) is 0.450. The zero-order valence-electron chi connectivity index (χ0n) is 17.5. The Hall–Kier alpha value is -3.25. The Kier molecular flexibility index (Phi) is 6.61. The molecule has 1 aliphatic heterocycles. The van der Waals surface area contributed by atoms with Crippen LogP contribution in [0.1, 0.15) is 30.7 Å². The van der Waals surface area contributed by atoms with Crippen molar-refractivity contribution in [3.05, 3.63) is 47.5 Å². The summed E-state index contributed by atoms with van der Waals surface area (Å²) in [4.78, 5) is 38.8. The van der Waals surface area contributed by atoms with Crippen LogP contribution in [0.2, 0.25) is 0 Å². The molecule has 13 heteroatoms. The van der Waals surface area contributed by atoms with Crippen molar-refractivity contribution >= 4 is 17.8 Å². The molecular weight excluding hydrogens is 456 g/mol. The molecule has 1 atom stereocenters. The van der Waals surface area contributed by atoms with Gasteiger partial charge in [-0.3, -0.25) is 14.7 Å². The smallest absolute Gasteiger partial charge is 0.312 e. The molecule has 7 nitrogen and oxygen atoms in total. The summed E-state index contributed by atoms with van der Waals surface area (Å²) in [6.07, 6.45) is -7.57. The van der Waals surface area contributed by atoms with E-state index in [0.29, 0.717) is 12.4 Å². The van der Waals surface area contributed by atoms with Gasteiger partial charge >= 0.3 is 18.4 Å². The highest BCUT2D eigenvalue weighted by Crippen LogP contribution is 2.31. The van der Waals surface area contributed by atoms with Crippen LogP contribution in [-0.4, -0.2) is 50.8 Å². The number of hydrogen-bond donors (Lipinski definition) is 0. The minimum Gasteiger partial charge on any atom is -0.312 e. The number of nitrogens with zero attached hydrogens (tertiary/aromatic N) is 5. The minimum absolute atomic E-state index is 0.0386. The molecule has 2 aromatic rings. The number of amides is 2. The Morgan fingerprint density at radius 3 is 2.21 bits per heavy atom. The largest absolute Gasteiger partial charge is 0.419 e. The van der Waals surface area contributed by atoms with Crippen molar-refractivity contribution in [2.24, 2.45) is 5.92 Å². The number of pyridine rings is 1. The molecule has 1 fully saturated rings. The lowest BCUT2D eigenvalue weighted by Crippen LogP contribution is -2.41. The Morgan fingerprint density at radius 1 is 1.06 bits per heavy atom. The third kappa shape index (κ3) is 5.57. The molecule has 2 aromatic heterocycles. The number of rotatable bonds is 6. The standard InChI is InChI=1S/C20H19F6N5O2/c1-11(2)16-10-31(17-28-7-13(8-29-17)20(24,25)26)18(33)30(16)9-15(32)6-14-5-12(3-4-27-14)19(21,22)23/h3-5,7-8,11,16H,6,9-10H2,1-2H3/t16-/m1/s1. The molecule has 3 heterocycles. The highest BCUT2D eigenvalue weighted by molar-refractivity contribution is 5.96. The number of halogens is 6. The van der Waals surface area contributed by atoms with E-state index in [9.17, 15) is 35.9 Å². The van der Waals surface area contributed by atoms with Crippen molar-refractivity contribution in [1.82, 2.24) is 19.9 Å². The first kappa shape index (κ1) is 24.4. The molecule has 0 saturated carbocycles. The zero-order valence-corrected chi connectivity index (χ0v) is 17.5. The molecule has 0 radical (unpaired) electrons. The second-order valence-electron chi connectivity index (χ2n) is 7.85. The first-order chi connectivity index (χ1) is 15.3. The molecule has 1 aliphatic rings. The normalized spacial score (nSPS) is 17.2. The third-order valence-electron chi connectivity index (χ3n) is 5.09. The van der Waals surface area contributed by atoms with Crippen LogP contribution in [0, 0.1) is 5.92 Å². The Balaban J connectivity index is 1.75. The molecule has 0 bridgehead atoms. The molecule has 0 spiro atoms. The number of ketones is 1. The predicted molar refractivity (Wildman–Crippen MR) is 103 cm³/mol. The van der Waals surface area contributed by atoms with Gasteiger partial charge in [0.15, 0.2) is 5.78 Å². The lowest BCUT2D eigenvalue weighted by atomic mass is 10.0. The second-order valence-corrected chi connectivity index (χ2v) is 7.85. The van der Waals surface area contributed by atoms with Crippen molar-refractivity contribution in [1.29, 1.82) is 0 Å². The molecule has 0 aliphatic carbocycles. The van der Waals surface area contributed by atoms with Crippen LogP contribution < -0.4 is 4.90 Å². The van der Waals surface area contributed by atoms with Crippen LogP contribution in [0.5, 0.6) is 0 Å². The summed E-state index contributed by atoms with van der Waals surface area (Å²) in [6.45, 7) is 3.22. The number of alkyl halides is 6. The predicted octanol–water partition coefficient (Wildman–Crippen LogP) is 3.99. The average molecular weight is 475 g/mol. The van der Waals surface area contributed by atoms with E-state index in [-0.39, 0.29) is 24.1 Å². The molecule has 2 amide bonds. The molecule has 0 N–H and O–H groups in total. The van der Waals surface area contributed by atoms with E-state index in [1.807, 2.05) is 0 Å². The molecule has 178 valence electrons. The van der Waals surface area contributed by atoms with Gasteiger partial charge in [0.05, 0.1) is 36.7 Å². The average Bonchev–Trinajstić information content (AvgIpc) is 3.03. The Bertz CT molecular complexity index is 1020. The number of carbonyl (C=O) groups is 2. The van der Waals surface area contributed by atoms with Gasteiger partial charge in [0.2, 0.25) is 5.95 Å². The van der Waals surface area contributed by atoms with E-state index in [2.05, 4.69) is 15.0 Å². The molecule has 0 aromatic carbocycles. The lowest BCUT2D eigenvalue weighted by Gasteiger charge is -2.25. The van der Waals surface area contributed by atoms with Crippen molar-refractivity contribution in [2.45, 2.75) is 38.7 Å². The summed E-state index contributed by atoms with van der Waals surface area (Å²) >= 11 is 0. The molecule has 0 unspecified atom stereocenters. The molecule has 1 saturated heterocycles. The minimum atomic E-state index is -4.63. The number of Topliss-reactive ketones (excluding diaryl/α,β-unsaturated/α-hetero) is 1. The van der Waals surface area contributed by atoms with Gasteiger partial charge in [-0.25, -0.2) is 14.8 Å². The van der Waals surface area contributed by atoms with Crippen LogP contribution in [0.25, 0.3) is 0 Å². The molecular formula is C20H19F6N5O2. The Labute approximate surface area is 184 Å². The Morgan fingerprint density at radius 2 is 1.67 bits per heavy atom. The van der Waals surface area contributed by atoms with Gasteiger partial charge in [-0.1, -0.05) is 13.8 Å².